The summed E-state index contributed by atoms with van der Waals surface area (Å²) in [4.78, 5) is 12.5. The number of methoxy groups -OCH3 is 1. The molecule has 0 aliphatic heterocycles. The molecule has 2 N–H and O–H groups in total. The molecule has 0 aliphatic carbocycles. The summed E-state index contributed by atoms with van der Waals surface area (Å²) in [6, 6.07) is 11.3. The van der Waals surface area contributed by atoms with Crippen molar-refractivity contribution in [2.75, 3.05) is 24.8 Å². The van der Waals surface area contributed by atoms with Gasteiger partial charge in [-0.2, -0.15) is 0 Å². The summed E-state index contributed by atoms with van der Waals surface area (Å²) in [5.41, 5.74) is 4.23. The highest BCUT2D eigenvalue weighted by atomic mass is 16.5. The van der Waals surface area contributed by atoms with Crippen molar-refractivity contribution in [2.45, 2.75) is 13.8 Å². The van der Waals surface area contributed by atoms with Crippen molar-refractivity contribution in [3.05, 3.63) is 53.1 Å². The van der Waals surface area contributed by atoms with E-state index in [1.165, 1.54) is 0 Å². The van der Waals surface area contributed by atoms with E-state index in [-0.39, 0.29) is 5.91 Å². The standard InChI is InChI=1S/C17H20N2O2/c1-11-5-7-16(18-3)14(9-11)17(20)19-15-8-6-13(21-4)10-12(15)2/h5-10,18H,1-4H3,(H,19,20). The lowest BCUT2D eigenvalue weighted by molar-refractivity contribution is 0.102. The third kappa shape index (κ3) is 3.34. The molecule has 0 spiro atoms. The molecule has 0 saturated heterocycles. The summed E-state index contributed by atoms with van der Waals surface area (Å²) in [5.74, 6) is 0.647. The maximum absolute atomic E-state index is 12.5. The number of ether oxygens (including phenoxy) is 1. The number of carbonyl (C=O) groups is 1. The van der Waals surface area contributed by atoms with Gasteiger partial charge in [-0.05, 0) is 49.7 Å². The van der Waals surface area contributed by atoms with Crippen molar-refractivity contribution < 1.29 is 9.53 Å². The fourth-order valence-corrected chi connectivity index (χ4v) is 2.16. The topological polar surface area (TPSA) is 50.4 Å². The smallest absolute Gasteiger partial charge is 0.257 e. The van der Waals surface area contributed by atoms with Crippen LogP contribution >= 0.6 is 0 Å². The summed E-state index contributed by atoms with van der Waals surface area (Å²) in [5, 5.41) is 5.99. The molecule has 1 amide bonds. The first kappa shape index (κ1) is 14.9. The molecule has 0 heterocycles. The number of benzene rings is 2. The number of aryl methyl sites for hydroxylation is 2. The molecule has 2 aromatic carbocycles. The molecule has 21 heavy (non-hydrogen) atoms. The second-order valence-electron chi connectivity index (χ2n) is 4.93. The van der Waals surface area contributed by atoms with Gasteiger partial charge in [0.2, 0.25) is 0 Å². The molecule has 0 bridgehead atoms. The maximum atomic E-state index is 12.5. The quantitative estimate of drug-likeness (QED) is 0.901. The Morgan fingerprint density at radius 1 is 1.05 bits per heavy atom. The Balaban J connectivity index is 2.28. The van der Waals surface area contributed by atoms with Gasteiger partial charge in [-0.3, -0.25) is 4.79 Å². The maximum Gasteiger partial charge on any atom is 0.257 e. The van der Waals surface area contributed by atoms with Crippen molar-refractivity contribution >= 4 is 17.3 Å². The molecule has 2 rings (SSSR count). The summed E-state index contributed by atoms with van der Waals surface area (Å²) in [6.45, 7) is 3.90. The van der Waals surface area contributed by atoms with Gasteiger partial charge in [0, 0.05) is 18.4 Å². The minimum absolute atomic E-state index is 0.128. The summed E-state index contributed by atoms with van der Waals surface area (Å²) >= 11 is 0. The van der Waals surface area contributed by atoms with E-state index in [9.17, 15) is 4.79 Å². The minimum atomic E-state index is -0.128. The predicted molar refractivity (Wildman–Crippen MR) is 86.4 cm³/mol. The van der Waals surface area contributed by atoms with Gasteiger partial charge in [0.05, 0.1) is 12.7 Å². The Morgan fingerprint density at radius 2 is 1.76 bits per heavy atom. The molecule has 0 radical (unpaired) electrons. The summed E-state index contributed by atoms with van der Waals surface area (Å²) in [7, 11) is 3.43. The van der Waals surface area contributed by atoms with Crippen LogP contribution in [-0.2, 0) is 0 Å². The van der Waals surface area contributed by atoms with Gasteiger partial charge >= 0.3 is 0 Å². The number of amides is 1. The van der Waals surface area contributed by atoms with Crippen LogP contribution in [0.2, 0.25) is 0 Å². The van der Waals surface area contributed by atoms with E-state index in [0.29, 0.717) is 5.56 Å². The van der Waals surface area contributed by atoms with Crippen molar-refractivity contribution in [2.24, 2.45) is 0 Å². The van der Waals surface area contributed by atoms with Gasteiger partial charge in [0.1, 0.15) is 5.75 Å². The van der Waals surface area contributed by atoms with E-state index >= 15 is 0 Å². The molecule has 4 heteroatoms. The second kappa shape index (κ2) is 6.31. The number of hydrogen-bond donors (Lipinski definition) is 2. The Hall–Kier alpha value is -2.49. The molecular weight excluding hydrogens is 264 g/mol. The Kier molecular flexibility index (Phi) is 4.48. The zero-order valence-corrected chi connectivity index (χ0v) is 12.8. The van der Waals surface area contributed by atoms with E-state index in [0.717, 1.165) is 28.3 Å². The molecule has 0 saturated carbocycles. The van der Waals surface area contributed by atoms with Crippen LogP contribution in [0.3, 0.4) is 0 Å². The average molecular weight is 284 g/mol. The average Bonchev–Trinajstić information content (AvgIpc) is 2.49. The monoisotopic (exact) mass is 284 g/mol. The van der Waals surface area contributed by atoms with Crippen LogP contribution < -0.4 is 15.4 Å². The zero-order chi connectivity index (χ0) is 15.4. The number of anilines is 2. The van der Waals surface area contributed by atoms with E-state index < -0.39 is 0 Å². The lowest BCUT2D eigenvalue weighted by atomic mass is 10.1. The normalized spacial score (nSPS) is 10.1. The van der Waals surface area contributed by atoms with E-state index in [1.807, 2.05) is 50.2 Å². The van der Waals surface area contributed by atoms with Crippen LogP contribution in [0.25, 0.3) is 0 Å². The van der Waals surface area contributed by atoms with Gasteiger partial charge in [0.15, 0.2) is 0 Å². The molecule has 0 unspecified atom stereocenters. The SMILES string of the molecule is CNc1ccc(C)cc1C(=O)Nc1ccc(OC)cc1C. The lowest BCUT2D eigenvalue weighted by Crippen LogP contribution is -2.15. The highest BCUT2D eigenvalue weighted by molar-refractivity contribution is 6.08. The highest BCUT2D eigenvalue weighted by Crippen LogP contribution is 2.23. The summed E-state index contributed by atoms with van der Waals surface area (Å²) in [6.07, 6.45) is 0. The van der Waals surface area contributed by atoms with Crippen LogP contribution in [0.5, 0.6) is 5.75 Å². The first-order valence-corrected chi connectivity index (χ1v) is 6.79. The second-order valence-corrected chi connectivity index (χ2v) is 4.93. The van der Waals surface area contributed by atoms with Gasteiger partial charge in [0.25, 0.3) is 5.91 Å². The number of hydrogen-bond acceptors (Lipinski definition) is 3. The molecule has 0 atom stereocenters. The van der Waals surface area contributed by atoms with Crippen molar-refractivity contribution in [1.82, 2.24) is 0 Å². The van der Waals surface area contributed by atoms with E-state index in [2.05, 4.69) is 10.6 Å². The Labute approximate surface area is 125 Å². The first-order chi connectivity index (χ1) is 10.0. The summed E-state index contributed by atoms with van der Waals surface area (Å²) < 4.78 is 5.17. The molecule has 0 aromatic heterocycles. The third-order valence-electron chi connectivity index (χ3n) is 3.37. The van der Waals surface area contributed by atoms with Crippen LogP contribution in [-0.4, -0.2) is 20.1 Å². The van der Waals surface area contributed by atoms with Gasteiger partial charge in [-0.1, -0.05) is 11.6 Å². The fraction of sp³-hybridized carbons (Fsp3) is 0.235. The fourth-order valence-electron chi connectivity index (χ4n) is 2.16. The van der Waals surface area contributed by atoms with Crippen molar-refractivity contribution in [3.63, 3.8) is 0 Å². The van der Waals surface area contributed by atoms with E-state index in [4.69, 9.17) is 4.74 Å². The number of carbonyl (C=O) groups excluding carboxylic acids is 1. The molecule has 2 aromatic rings. The zero-order valence-electron chi connectivity index (χ0n) is 12.8. The van der Waals surface area contributed by atoms with Crippen LogP contribution in [0.15, 0.2) is 36.4 Å². The molecular formula is C17H20N2O2. The molecule has 4 nitrogen and oxygen atoms in total. The first-order valence-electron chi connectivity index (χ1n) is 6.79. The largest absolute Gasteiger partial charge is 0.497 e. The Bertz CT molecular complexity index is 666. The predicted octanol–water partition coefficient (Wildman–Crippen LogP) is 3.61. The minimum Gasteiger partial charge on any atom is -0.497 e. The van der Waals surface area contributed by atoms with Crippen LogP contribution in [0.1, 0.15) is 21.5 Å². The molecule has 110 valence electrons. The van der Waals surface area contributed by atoms with Gasteiger partial charge < -0.3 is 15.4 Å². The number of nitrogens with one attached hydrogen (secondary N) is 2. The van der Waals surface area contributed by atoms with Crippen LogP contribution in [0, 0.1) is 13.8 Å². The van der Waals surface area contributed by atoms with Crippen molar-refractivity contribution in [3.8, 4) is 5.75 Å². The lowest BCUT2D eigenvalue weighted by Gasteiger charge is -2.13. The van der Waals surface area contributed by atoms with Crippen LogP contribution in [0.4, 0.5) is 11.4 Å². The van der Waals surface area contributed by atoms with Gasteiger partial charge in [-0.15, -0.1) is 0 Å². The number of rotatable bonds is 4. The van der Waals surface area contributed by atoms with Crippen molar-refractivity contribution in [1.29, 1.82) is 0 Å². The Morgan fingerprint density at radius 3 is 2.38 bits per heavy atom. The third-order valence-corrected chi connectivity index (χ3v) is 3.37. The van der Waals surface area contributed by atoms with E-state index in [1.54, 1.807) is 14.2 Å². The molecule has 0 fully saturated rings. The molecule has 0 aliphatic rings. The van der Waals surface area contributed by atoms with Gasteiger partial charge in [-0.25, -0.2) is 0 Å². The highest BCUT2D eigenvalue weighted by Gasteiger charge is 2.12.